The normalized spacial score (nSPS) is 16.2. The van der Waals surface area contributed by atoms with Gasteiger partial charge in [-0.05, 0) is 59.8 Å². The highest BCUT2D eigenvalue weighted by Crippen LogP contribution is 2.36. The van der Waals surface area contributed by atoms with E-state index in [1.54, 1.807) is 48.5 Å². The summed E-state index contributed by atoms with van der Waals surface area (Å²) >= 11 is 0.766. The van der Waals surface area contributed by atoms with E-state index in [9.17, 15) is 19.2 Å². The summed E-state index contributed by atoms with van der Waals surface area (Å²) in [6.07, 6.45) is 1.57. The van der Waals surface area contributed by atoms with Gasteiger partial charge in [0.25, 0.3) is 11.1 Å². The lowest BCUT2D eigenvalue weighted by atomic mass is 10.2. The minimum atomic E-state index is -0.548. The van der Waals surface area contributed by atoms with Crippen LogP contribution in [0.2, 0.25) is 0 Å². The molecule has 1 aromatic heterocycles. The summed E-state index contributed by atoms with van der Waals surface area (Å²) in [6, 6.07) is 12.8. The Morgan fingerprint density at radius 1 is 1.03 bits per heavy atom. The number of nitrogens with zero attached hydrogens (tertiary/aromatic N) is 1. The molecule has 3 aromatic rings. The number of rotatable bonds is 4. The van der Waals surface area contributed by atoms with Crippen molar-refractivity contribution in [2.75, 3.05) is 18.7 Å². The highest BCUT2D eigenvalue weighted by molar-refractivity contribution is 8.18. The number of benzene rings is 2. The Bertz CT molecular complexity index is 1380. The summed E-state index contributed by atoms with van der Waals surface area (Å²) in [5, 5.41) is 2.74. The van der Waals surface area contributed by atoms with Gasteiger partial charge in [-0.3, -0.25) is 19.3 Å². The van der Waals surface area contributed by atoms with Gasteiger partial charge in [0.05, 0.1) is 4.91 Å². The van der Waals surface area contributed by atoms with E-state index in [0.717, 1.165) is 16.7 Å². The van der Waals surface area contributed by atoms with Gasteiger partial charge in [0.15, 0.2) is 11.5 Å². The zero-order valence-electron chi connectivity index (χ0n) is 16.3. The van der Waals surface area contributed by atoms with Crippen LogP contribution in [-0.2, 0) is 9.59 Å². The molecule has 0 unspecified atom stereocenters. The molecule has 0 saturated carbocycles. The quantitative estimate of drug-likeness (QED) is 0.476. The predicted molar refractivity (Wildman–Crippen MR) is 116 cm³/mol. The van der Waals surface area contributed by atoms with E-state index >= 15 is 0 Å². The van der Waals surface area contributed by atoms with Crippen LogP contribution >= 0.6 is 11.8 Å². The van der Waals surface area contributed by atoms with Crippen LogP contribution in [0.1, 0.15) is 5.56 Å². The summed E-state index contributed by atoms with van der Waals surface area (Å²) in [6.45, 7) is -0.291. The molecule has 0 radical (unpaired) electrons. The maximum atomic E-state index is 12.7. The highest BCUT2D eigenvalue weighted by Gasteiger charge is 2.36. The third-order valence-corrected chi connectivity index (χ3v) is 5.68. The van der Waals surface area contributed by atoms with Gasteiger partial charge in [-0.25, -0.2) is 4.79 Å². The maximum Gasteiger partial charge on any atom is 0.336 e. The zero-order valence-corrected chi connectivity index (χ0v) is 17.1. The van der Waals surface area contributed by atoms with Gasteiger partial charge in [-0.1, -0.05) is 6.07 Å². The van der Waals surface area contributed by atoms with Crippen molar-refractivity contribution < 1.29 is 28.3 Å². The molecule has 2 aliphatic heterocycles. The first-order valence-corrected chi connectivity index (χ1v) is 10.3. The predicted octanol–water partition coefficient (Wildman–Crippen LogP) is 3.20. The molecule has 10 heteroatoms. The van der Waals surface area contributed by atoms with Gasteiger partial charge in [-0.2, -0.15) is 0 Å². The van der Waals surface area contributed by atoms with E-state index in [1.807, 2.05) is 0 Å². The number of amides is 3. The zero-order chi connectivity index (χ0) is 22.2. The second kappa shape index (κ2) is 7.89. The topological polar surface area (TPSA) is 115 Å². The summed E-state index contributed by atoms with van der Waals surface area (Å²) in [5.41, 5.74) is 1.03. The van der Waals surface area contributed by atoms with Crippen LogP contribution in [0.15, 0.2) is 62.6 Å². The van der Waals surface area contributed by atoms with Crippen LogP contribution in [0.4, 0.5) is 10.5 Å². The average Bonchev–Trinajstić information content (AvgIpc) is 3.33. The number of carbonyl (C=O) groups is 3. The molecule has 1 N–H and O–H groups in total. The molecule has 1 fully saturated rings. The molecular formula is C22H14N2O7S. The van der Waals surface area contributed by atoms with Gasteiger partial charge in [0, 0.05) is 17.1 Å². The first-order valence-electron chi connectivity index (χ1n) is 9.45. The first-order chi connectivity index (χ1) is 15.5. The number of anilines is 1. The van der Waals surface area contributed by atoms with E-state index in [2.05, 4.69) is 5.32 Å². The number of hydrogen-bond donors (Lipinski definition) is 1. The van der Waals surface area contributed by atoms with Crippen LogP contribution in [-0.4, -0.2) is 35.3 Å². The Morgan fingerprint density at radius 3 is 2.75 bits per heavy atom. The highest BCUT2D eigenvalue weighted by atomic mass is 32.2. The fraction of sp³-hybridized carbons (Fsp3) is 0.0909. The number of nitrogens with one attached hydrogen (secondary N) is 1. The SMILES string of the molecule is O=C(CN1C(=O)S/C(=C\c2ccc3c(c2)OCO3)C1=O)Nc1ccc2oc(=O)ccc2c1. The number of fused-ring (bicyclic) bond motifs is 2. The molecule has 32 heavy (non-hydrogen) atoms. The number of ether oxygens (including phenoxy) is 2. The third-order valence-electron chi connectivity index (χ3n) is 4.77. The van der Waals surface area contributed by atoms with Crippen molar-refractivity contribution >= 4 is 51.5 Å². The van der Waals surface area contributed by atoms with Gasteiger partial charge >= 0.3 is 5.63 Å². The molecule has 160 valence electrons. The molecule has 0 aliphatic carbocycles. The molecule has 2 aliphatic rings. The lowest BCUT2D eigenvalue weighted by Gasteiger charge is -2.12. The molecular weight excluding hydrogens is 436 g/mol. The fourth-order valence-corrected chi connectivity index (χ4v) is 4.12. The van der Waals surface area contributed by atoms with Gasteiger partial charge < -0.3 is 19.2 Å². The fourth-order valence-electron chi connectivity index (χ4n) is 3.28. The lowest BCUT2D eigenvalue weighted by molar-refractivity contribution is -0.127. The maximum absolute atomic E-state index is 12.7. The van der Waals surface area contributed by atoms with Crippen molar-refractivity contribution in [3.05, 3.63) is 69.4 Å². The summed E-state index contributed by atoms with van der Waals surface area (Å²) < 4.78 is 15.6. The van der Waals surface area contributed by atoms with Crippen molar-refractivity contribution in [2.24, 2.45) is 0 Å². The van der Waals surface area contributed by atoms with Gasteiger partial charge in [-0.15, -0.1) is 0 Å². The van der Waals surface area contributed by atoms with Crippen LogP contribution in [0.5, 0.6) is 11.5 Å². The average molecular weight is 450 g/mol. The summed E-state index contributed by atoms with van der Waals surface area (Å²) in [5.74, 6) is 0.0937. The van der Waals surface area contributed by atoms with E-state index < -0.39 is 29.2 Å². The Hall–Kier alpha value is -4.05. The van der Waals surface area contributed by atoms with Crippen LogP contribution in [0, 0.1) is 0 Å². The molecule has 2 aromatic carbocycles. The second-order valence-electron chi connectivity index (χ2n) is 6.94. The number of imide groups is 1. The molecule has 0 atom stereocenters. The molecule has 9 nitrogen and oxygen atoms in total. The van der Waals surface area contributed by atoms with Crippen molar-refractivity contribution in [1.29, 1.82) is 0 Å². The van der Waals surface area contributed by atoms with E-state index in [0.29, 0.717) is 33.7 Å². The minimum Gasteiger partial charge on any atom is -0.454 e. The van der Waals surface area contributed by atoms with Crippen molar-refractivity contribution in [3.8, 4) is 11.5 Å². The van der Waals surface area contributed by atoms with Crippen LogP contribution < -0.4 is 20.4 Å². The molecule has 0 spiro atoms. The Kier molecular flexibility index (Phi) is 4.91. The van der Waals surface area contributed by atoms with Crippen molar-refractivity contribution in [1.82, 2.24) is 4.90 Å². The number of carbonyl (C=O) groups excluding carboxylic acids is 3. The van der Waals surface area contributed by atoms with E-state index in [-0.39, 0.29) is 11.7 Å². The van der Waals surface area contributed by atoms with Gasteiger partial charge in [0.1, 0.15) is 12.1 Å². The minimum absolute atomic E-state index is 0.135. The molecule has 5 rings (SSSR count). The Labute approximate surface area is 184 Å². The summed E-state index contributed by atoms with van der Waals surface area (Å²) in [4.78, 5) is 49.8. The Balaban J connectivity index is 1.28. The van der Waals surface area contributed by atoms with Crippen LogP contribution in [0.25, 0.3) is 17.0 Å². The van der Waals surface area contributed by atoms with Crippen LogP contribution in [0.3, 0.4) is 0 Å². The summed E-state index contributed by atoms with van der Waals surface area (Å²) in [7, 11) is 0. The first kappa shape index (κ1) is 19.9. The standard InChI is InChI=1S/C22H14N2O7S/c25-19(23-14-3-5-15-13(9-14)2-6-20(26)31-15)10-24-21(27)18(32-22(24)28)8-12-1-4-16-17(7-12)30-11-29-16/h1-9H,10-11H2,(H,23,25)/b18-8-. The van der Waals surface area contributed by atoms with E-state index in [4.69, 9.17) is 13.9 Å². The van der Waals surface area contributed by atoms with Gasteiger partial charge in [0.2, 0.25) is 12.7 Å². The van der Waals surface area contributed by atoms with Crippen molar-refractivity contribution in [3.63, 3.8) is 0 Å². The number of thioether (sulfide) groups is 1. The smallest absolute Gasteiger partial charge is 0.336 e. The largest absolute Gasteiger partial charge is 0.454 e. The molecule has 3 heterocycles. The molecule has 0 bridgehead atoms. The second-order valence-corrected chi connectivity index (χ2v) is 7.93. The monoisotopic (exact) mass is 450 g/mol. The molecule has 1 saturated heterocycles. The number of hydrogen-bond acceptors (Lipinski definition) is 8. The Morgan fingerprint density at radius 2 is 1.88 bits per heavy atom. The molecule has 3 amide bonds. The van der Waals surface area contributed by atoms with Crippen molar-refractivity contribution in [2.45, 2.75) is 0 Å². The third kappa shape index (κ3) is 3.83. The van der Waals surface area contributed by atoms with E-state index in [1.165, 1.54) is 6.07 Å². The lowest BCUT2D eigenvalue weighted by Crippen LogP contribution is -2.36.